The standard InChI is InChI=1S/C19H26N6O2S/c1-2-12-9-13(24-28(26,27)14-5-3-4-6-14)10-15(12)19-23-22-17-11-21-18-16(25(17)19)7-8-20-18/h7-8,11-15,20,24H,2-6,9-10H2,1H3/t12-,13+,15-/m0/s1. The first kappa shape index (κ1) is 18.1. The highest BCUT2D eigenvalue weighted by atomic mass is 32.2. The maximum absolute atomic E-state index is 12.8. The fraction of sp³-hybridized carbons (Fsp3) is 0.632. The summed E-state index contributed by atoms with van der Waals surface area (Å²) in [6.07, 6.45) is 9.81. The highest BCUT2D eigenvalue weighted by Crippen LogP contribution is 2.42. The monoisotopic (exact) mass is 402 g/mol. The summed E-state index contributed by atoms with van der Waals surface area (Å²) in [5, 5.41) is 8.60. The van der Waals surface area contributed by atoms with E-state index in [-0.39, 0.29) is 17.2 Å². The Kier molecular flexibility index (Phi) is 4.39. The van der Waals surface area contributed by atoms with Crippen molar-refractivity contribution in [1.82, 2.24) is 29.3 Å². The zero-order valence-corrected chi connectivity index (χ0v) is 16.8. The fourth-order valence-electron chi connectivity index (χ4n) is 5.15. The summed E-state index contributed by atoms with van der Waals surface area (Å²) in [4.78, 5) is 7.52. The van der Waals surface area contributed by atoms with Gasteiger partial charge in [0.15, 0.2) is 11.3 Å². The third-order valence-electron chi connectivity index (χ3n) is 6.59. The Labute approximate surface area is 164 Å². The van der Waals surface area contributed by atoms with Crippen LogP contribution in [0.15, 0.2) is 18.5 Å². The summed E-state index contributed by atoms with van der Waals surface area (Å²) in [6.45, 7) is 2.17. The summed E-state index contributed by atoms with van der Waals surface area (Å²) >= 11 is 0. The van der Waals surface area contributed by atoms with Crippen LogP contribution in [0, 0.1) is 5.92 Å². The van der Waals surface area contributed by atoms with Crippen molar-refractivity contribution in [2.75, 3.05) is 0 Å². The lowest BCUT2D eigenvalue weighted by atomic mass is 9.93. The third-order valence-corrected chi connectivity index (χ3v) is 8.60. The molecule has 8 nitrogen and oxygen atoms in total. The molecule has 5 rings (SSSR count). The van der Waals surface area contributed by atoms with Crippen molar-refractivity contribution < 1.29 is 8.42 Å². The van der Waals surface area contributed by atoms with Crippen LogP contribution in [0.3, 0.4) is 0 Å². The van der Waals surface area contributed by atoms with E-state index >= 15 is 0 Å². The van der Waals surface area contributed by atoms with Crippen molar-refractivity contribution in [3.63, 3.8) is 0 Å². The highest BCUT2D eigenvalue weighted by Gasteiger charge is 2.40. The van der Waals surface area contributed by atoms with E-state index in [9.17, 15) is 8.42 Å². The van der Waals surface area contributed by atoms with E-state index in [4.69, 9.17) is 0 Å². The zero-order valence-electron chi connectivity index (χ0n) is 16.0. The predicted octanol–water partition coefficient (Wildman–Crippen LogP) is 2.74. The molecule has 2 aliphatic rings. The summed E-state index contributed by atoms with van der Waals surface area (Å²) in [6, 6.07) is 1.95. The normalized spacial score (nSPS) is 26.7. The molecule has 0 unspecified atom stereocenters. The molecule has 0 amide bonds. The molecule has 0 aliphatic heterocycles. The molecular formula is C19H26N6O2S. The molecule has 0 spiro atoms. The summed E-state index contributed by atoms with van der Waals surface area (Å²) < 4.78 is 30.6. The van der Waals surface area contributed by atoms with E-state index in [2.05, 4.69) is 36.2 Å². The quantitative estimate of drug-likeness (QED) is 0.683. The molecule has 2 aliphatic carbocycles. The zero-order chi connectivity index (χ0) is 19.3. The number of aromatic nitrogens is 5. The Morgan fingerprint density at radius 2 is 2.07 bits per heavy atom. The molecule has 3 aromatic heterocycles. The number of nitrogens with zero attached hydrogens (tertiary/aromatic N) is 4. The van der Waals surface area contributed by atoms with Gasteiger partial charge in [0, 0.05) is 18.2 Å². The minimum Gasteiger partial charge on any atom is -0.345 e. The molecule has 0 aromatic carbocycles. The van der Waals surface area contributed by atoms with Crippen molar-refractivity contribution in [1.29, 1.82) is 0 Å². The summed E-state index contributed by atoms with van der Waals surface area (Å²) in [5.74, 6) is 1.47. The molecule has 28 heavy (non-hydrogen) atoms. The number of rotatable bonds is 5. The van der Waals surface area contributed by atoms with Gasteiger partial charge in [-0.15, -0.1) is 10.2 Å². The topological polar surface area (TPSA) is 105 Å². The van der Waals surface area contributed by atoms with E-state index in [0.717, 1.165) is 67.6 Å². The lowest BCUT2D eigenvalue weighted by molar-refractivity contribution is 0.449. The molecule has 0 radical (unpaired) electrons. The molecule has 150 valence electrons. The lowest BCUT2D eigenvalue weighted by Crippen LogP contribution is -2.39. The first-order valence-electron chi connectivity index (χ1n) is 10.2. The largest absolute Gasteiger partial charge is 0.345 e. The van der Waals surface area contributed by atoms with Gasteiger partial charge >= 0.3 is 0 Å². The molecule has 0 bridgehead atoms. The molecule has 3 heterocycles. The number of sulfonamides is 1. The molecule has 2 fully saturated rings. The second-order valence-corrected chi connectivity index (χ2v) is 10.2. The number of hydrogen-bond acceptors (Lipinski definition) is 5. The van der Waals surface area contributed by atoms with Crippen LogP contribution in [-0.2, 0) is 10.0 Å². The first-order chi connectivity index (χ1) is 13.6. The van der Waals surface area contributed by atoms with Gasteiger partial charge in [-0.25, -0.2) is 18.1 Å². The SMILES string of the molecule is CC[C@H]1C[C@@H](NS(=O)(=O)C2CCCC2)C[C@@H]1c1nnc2cnc3[nH]ccc3n12. The third kappa shape index (κ3) is 2.91. The van der Waals surface area contributed by atoms with Crippen LogP contribution in [-0.4, -0.2) is 44.3 Å². The van der Waals surface area contributed by atoms with Crippen LogP contribution in [0.2, 0.25) is 0 Å². The van der Waals surface area contributed by atoms with Gasteiger partial charge in [-0.05, 0) is 37.7 Å². The van der Waals surface area contributed by atoms with Crippen LogP contribution in [0.4, 0.5) is 0 Å². The molecule has 3 aromatic rings. The van der Waals surface area contributed by atoms with E-state index in [1.807, 2.05) is 12.3 Å². The summed E-state index contributed by atoms with van der Waals surface area (Å²) in [7, 11) is -3.24. The molecule has 2 saturated carbocycles. The first-order valence-corrected chi connectivity index (χ1v) is 11.8. The summed E-state index contributed by atoms with van der Waals surface area (Å²) in [5.41, 5.74) is 2.49. The Bertz CT molecular complexity index is 1100. The van der Waals surface area contributed by atoms with Gasteiger partial charge in [0.25, 0.3) is 0 Å². The van der Waals surface area contributed by atoms with Crippen molar-refractivity contribution >= 4 is 26.8 Å². The predicted molar refractivity (Wildman–Crippen MR) is 106 cm³/mol. The van der Waals surface area contributed by atoms with Crippen molar-refractivity contribution in [3.05, 3.63) is 24.3 Å². The number of hydrogen-bond donors (Lipinski definition) is 2. The minimum absolute atomic E-state index is 0.0311. The van der Waals surface area contributed by atoms with Crippen molar-refractivity contribution in [2.45, 2.75) is 69.1 Å². The Hall–Kier alpha value is -2.00. The van der Waals surface area contributed by atoms with Crippen LogP contribution in [0.5, 0.6) is 0 Å². The fourth-order valence-corrected chi connectivity index (χ4v) is 6.96. The maximum Gasteiger partial charge on any atom is 0.214 e. The van der Waals surface area contributed by atoms with Gasteiger partial charge in [-0.1, -0.05) is 26.2 Å². The molecule has 9 heteroatoms. The number of H-pyrrole nitrogens is 1. The van der Waals surface area contributed by atoms with Gasteiger partial charge in [-0.2, -0.15) is 0 Å². The molecule has 0 saturated heterocycles. The van der Waals surface area contributed by atoms with E-state index < -0.39 is 10.0 Å². The van der Waals surface area contributed by atoms with Gasteiger partial charge in [0.05, 0.1) is 17.0 Å². The van der Waals surface area contributed by atoms with Gasteiger partial charge in [0.1, 0.15) is 5.82 Å². The molecular weight excluding hydrogens is 376 g/mol. The molecule has 3 atom stereocenters. The average molecular weight is 403 g/mol. The van der Waals surface area contributed by atoms with Crippen molar-refractivity contribution in [3.8, 4) is 0 Å². The van der Waals surface area contributed by atoms with Gasteiger partial charge < -0.3 is 4.98 Å². The van der Waals surface area contributed by atoms with Crippen LogP contribution < -0.4 is 4.72 Å². The molecule has 2 N–H and O–H groups in total. The average Bonchev–Trinajstić information content (AvgIpc) is 3.44. The maximum atomic E-state index is 12.8. The number of fused-ring (bicyclic) bond motifs is 3. The Morgan fingerprint density at radius 3 is 2.86 bits per heavy atom. The van der Waals surface area contributed by atoms with E-state index in [0.29, 0.717) is 5.92 Å². The smallest absolute Gasteiger partial charge is 0.214 e. The van der Waals surface area contributed by atoms with Crippen LogP contribution >= 0.6 is 0 Å². The number of nitrogens with one attached hydrogen (secondary N) is 2. The number of aromatic amines is 1. The lowest BCUT2D eigenvalue weighted by Gasteiger charge is -2.17. The van der Waals surface area contributed by atoms with Crippen molar-refractivity contribution in [2.24, 2.45) is 5.92 Å². The second-order valence-electron chi connectivity index (χ2n) is 8.23. The Balaban J connectivity index is 1.45. The van der Waals surface area contributed by atoms with Crippen LogP contribution in [0.25, 0.3) is 16.8 Å². The van der Waals surface area contributed by atoms with E-state index in [1.165, 1.54) is 0 Å². The minimum atomic E-state index is -3.24. The van der Waals surface area contributed by atoms with Crippen LogP contribution in [0.1, 0.15) is 63.6 Å². The second kappa shape index (κ2) is 6.81. The Morgan fingerprint density at radius 1 is 1.25 bits per heavy atom. The van der Waals surface area contributed by atoms with E-state index in [1.54, 1.807) is 6.20 Å². The highest BCUT2D eigenvalue weighted by molar-refractivity contribution is 7.90. The van der Waals surface area contributed by atoms with Gasteiger partial charge in [-0.3, -0.25) is 4.40 Å². The van der Waals surface area contributed by atoms with Gasteiger partial charge in [0.2, 0.25) is 10.0 Å².